The second-order valence-corrected chi connectivity index (χ2v) is 4.92. The van der Waals surface area contributed by atoms with Crippen molar-refractivity contribution in [2.24, 2.45) is 0 Å². The minimum atomic E-state index is -0.441. The van der Waals surface area contributed by atoms with Crippen LogP contribution in [0.1, 0.15) is 31.4 Å². The highest BCUT2D eigenvalue weighted by Gasteiger charge is 2.16. The van der Waals surface area contributed by atoms with E-state index in [2.05, 4.69) is 5.32 Å². The second kappa shape index (κ2) is 7.95. The van der Waals surface area contributed by atoms with Gasteiger partial charge in [-0.15, -0.1) is 0 Å². The van der Waals surface area contributed by atoms with Crippen molar-refractivity contribution in [3.05, 3.63) is 33.6 Å². The molecule has 2 nitrogen and oxygen atoms in total. The third-order valence-corrected chi connectivity index (χ3v) is 3.45. The maximum absolute atomic E-state index is 13.4. The largest absolute Gasteiger partial charge is 0.385 e. The first kappa shape index (κ1) is 15.7. The number of benzene rings is 1. The van der Waals surface area contributed by atoms with E-state index in [9.17, 15) is 4.39 Å². The molecule has 0 amide bonds. The Hall–Kier alpha value is -0.350. The van der Waals surface area contributed by atoms with Crippen molar-refractivity contribution in [1.29, 1.82) is 0 Å². The van der Waals surface area contributed by atoms with Crippen LogP contribution in [-0.4, -0.2) is 20.3 Å². The summed E-state index contributed by atoms with van der Waals surface area (Å²) >= 11 is 12.0. The molecule has 0 radical (unpaired) electrons. The van der Waals surface area contributed by atoms with Crippen molar-refractivity contribution >= 4 is 23.2 Å². The van der Waals surface area contributed by atoms with Crippen LogP contribution in [0.15, 0.2) is 12.1 Å². The fourth-order valence-corrected chi connectivity index (χ4v) is 2.43. The molecule has 0 saturated heterocycles. The Labute approximate surface area is 117 Å². The van der Waals surface area contributed by atoms with Gasteiger partial charge in [-0.1, -0.05) is 23.2 Å². The van der Waals surface area contributed by atoms with Gasteiger partial charge in [0, 0.05) is 30.3 Å². The third-order valence-electron chi connectivity index (χ3n) is 2.74. The van der Waals surface area contributed by atoms with Gasteiger partial charge >= 0.3 is 0 Å². The third kappa shape index (κ3) is 4.39. The first-order valence-electron chi connectivity index (χ1n) is 5.93. The van der Waals surface area contributed by atoms with E-state index in [-0.39, 0.29) is 11.1 Å². The molecule has 1 N–H and O–H groups in total. The van der Waals surface area contributed by atoms with Crippen LogP contribution in [0.3, 0.4) is 0 Å². The summed E-state index contributed by atoms with van der Waals surface area (Å²) in [5.74, 6) is -0.441. The number of unbranched alkanes of at least 4 members (excludes halogenated alkanes) is 1. The van der Waals surface area contributed by atoms with Gasteiger partial charge in [0.05, 0.1) is 5.02 Å². The van der Waals surface area contributed by atoms with E-state index in [4.69, 9.17) is 27.9 Å². The van der Waals surface area contributed by atoms with Crippen LogP contribution in [-0.2, 0) is 4.74 Å². The molecule has 0 aromatic heterocycles. The van der Waals surface area contributed by atoms with Crippen molar-refractivity contribution in [2.45, 2.75) is 25.8 Å². The average Bonchev–Trinajstić information content (AvgIpc) is 2.34. The molecule has 0 heterocycles. The highest BCUT2D eigenvalue weighted by molar-refractivity contribution is 6.36. The van der Waals surface area contributed by atoms with Crippen LogP contribution in [0.25, 0.3) is 0 Å². The summed E-state index contributed by atoms with van der Waals surface area (Å²) in [5.41, 5.74) is 0.616. The highest BCUT2D eigenvalue weighted by Crippen LogP contribution is 2.32. The van der Waals surface area contributed by atoms with E-state index in [1.54, 1.807) is 7.11 Å². The first-order valence-corrected chi connectivity index (χ1v) is 6.69. The van der Waals surface area contributed by atoms with Gasteiger partial charge in [0.15, 0.2) is 0 Å². The summed E-state index contributed by atoms with van der Waals surface area (Å²) in [6.45, 7) is 3.48. The lowest BCUT2D eigenvalue weighted by Gasteiger charge is -2.17. The Morgan fingerprint density at radius 1 is 1.33 bits per heavy atom. The molecule has 0 aliphatic rings. The van der Waals surface area contributed by atoms with Gasteiger partial charge in [-0.2, -0.15) is 0 Å². The Kier molecular flexibility index (Phi) is 6.94. The quantitative estimate of drug-likeness (QED) is 0.601. The number of nitrogens with one attached hydrogen (secondary N) is 1. The maximum Gasteiger partial charge on any atom is 0.142 e. The molecule has 0 fully saturated rings. The summed E-state index contributed by atoms with van der Waals surface area (Å²) < 4.78 is 18.3. The molecule has 0 spiro atoms. The number of methoxy groups -OCH3 is 1. The molecule has 1 rings (SSSR count). The van der Waals surface area contributed by atoms with Crippen LogP contribution in [0, 0.1) is 5.82 Å². The Morgan fingerprint density at radius 3 is 2.72 bits per heavy atom. The highest BCUT2D eigenvalue weighted by atomic mass is 35.5. The Balaban J connectivity index is 2.56. The Morgan fingerprint density at radius 2 is 2.06 bits per heavy atom. The molecule has 1 atom stereocenters. The summed E-state index contributed by atoms with van der Waals surface area (Å²) in [4.78, 5) is 0. The van der Waals surface area contributed by atoms with Gasteiger partial charge in [-0.25, -0.2) is 4.39 Å². The molecule has 0 saturated carbocycles. The monoisotopic (exact) mass is 293 g/mol. The first-order chi connectivity index (χ1) is 8.57. The van der Waals surface area contributed by atoms with Crippen LogP contribution in [0.4, 0.5) is 4.39 Å². The molecule has 18 heavy (non-hydrogen) atoms. The molecule has 1 unspecified atom stereocenters. The van der Waals surface area contributed by atoms with E-state index >= 15 is 0 Å². The minimum absolute atomic E-state index is 0.0803. The fourth-order valence-electron chi connectivity index (χ4n) is 1.73. The van der Waals surface area contributed by atoms with E-state index in [1.807, 2.05) is 6.92 Å². The van der Waals surface area contributed by atoms with Crippen molar-refractivity contribution in [1.82, 2.24) is 5.32 Å². The number of hydrogen-bond acceptors (Lipinski definition) is 2. The van der Waals surface area contributed by atoms with Crippen molar-refractivity contribution in [3.63, 3.8) is 0 Å². The predicted molar refractivity (Wildman–Crippen MR) is 73.9 cm³/mol. The molecular weight excluding hydrogens is 276 g/mol. The Bertz CT molecular complexity index is 387. The molecule has 0 aliphatic carbocycles. The number of ether oxygens (including phenoxy) is 1. The van der Waals surface area contributed by atoms with Crippen molar-refractivity contribution in [3.8, 4) is 0 Å². The molecule has 0 aliphatic heterocycles. The standard InChI is InChI=1S/C13H18Cl2FNO/c1-9(17-7-3-4-8-18-2)12-10(14)5-6-11(16)13(12)15/h5-6,9,17H,3-4,7-8H2,1-2H3. The minimum Gasteiger partial charge on any atom is -0.385 e. The SMILES string of the molecule is COCCCCNC(C)c1c(Cl)ccc(F)c1Cl. The maximum atomic E-state index is 13.4. The summed E-state index contributed by atoms with van der Waals surface area (Å²) in [7, 11) is 1.68. The second-order valence-electron chi connectivity index (χ2n) is 4.13. The van der Waals surface area contributed by atoms with E-state index in [0.717, 1.165) is 26.0 Å². The van der Waals surface area contributed by atoms with Gasteiger partial charge in [-0.05, 0) is 38.4 Å². The lowest BCUT2D eigenvalue weighted by molar-refractivity contribution is 0.192. The van der Waals surface area contributed by atoms with Crippen LogP contribution >= 0.6 is 23.2 Å². The molecule has 1 aromatic rings. The van der Waals surface area contributed by atoms with Crippen LogP contribution in [0.5, 0.6) is 0 Å². The van der Waals surface area contributed by atoms with Crippen LogP contribution in [0.2, 0.25) is 10.0 Å². The smallest absolute Gasteiger partial charge is 0.142 e. The van der Waals surface area contributed by atoms with Crippen molar-refractivity contribution < 1.29 is 9.13 Å². The van der Waals surface area contributed by atoms with Gasteiger partial charge < -0.3 is 10.1 Å². The number of halogens is 3. The zero-order chi connectivity index (χ0) is 13.5. The normalized spacial score (nSPS) is 12.7. The van der Waals surface area contributed by atoms with E-state index < -0.39 is 5.82 Å². The number of hydrogen-bond donors (Lipinski definition) is 1. The summed E-state index contributed by atoms with van der Waals surface area (Å²) in [6.07, 6.45) is 1.98. The zero-order valence-electron chi connectivity index (χ0n) is 10.6. The predicted octanol–water partition coefficient (Wildman–Crippen LogP) is 4.21. The van der Waals surface area contributed by atoms with E-state index in [0.29, 0.717) is 10.6 Å². The molecule has 1 aromatic carbocycles. The number of rotatable bonds is 7. The van der Waals surface area contributed by atoms with Gasteiger partial charge in [-0.3, -0.25) is 0 Å². The van der Waals surface area contributed by atoms with E-state index in [1.165, 1.54) is 12.1 Å². The molecule has 5 heteroatoms. The van der Waals surface area contributed by atoms with Gasteiger partial charge in [0.25, 0.3) is 0 Å². The van der Waals surface area contributed by atoms with Gasteiger partial charge in [0.2, 0.25) is 0 Å². The lowest BCUT2D eigenvalue weighted by Crippen LogP contribution is -2.21. The average molecular weight is 294 g/mol. The lowest BCUT2D eigenvalue weighted by atomic mass is 10.1. The van der Waals surface area contributed by atoms with Crippen molar-refractivity contribution in [2.75, 3.05) is 20.3 Å². The molecule has 0 bridgehead atoms. The molecular formula is C13H18Cl2FNO. The van der Waals surface area contributed by atoms with Gasteiger partial charge in [0.1, 0.15) is 5.82 Å². The van der Waals surface area contributed by atoms with Crippen LogP contribution < -0.4 is 5.32 Å². The topological polar surface area (TPSA) is 21.3 Å². The summed E-state index contributed by atoms with van der Waals surface area (Å²) in [5, 5.41) is 3.86. The molecule has 102 valence electrons. The zero-order valence-corrected chi connectivity index (χ0v) is 12.1. The fraction of sp³-hybridized carbons (Fsp3) is 0.538. The summed E-state index contributed by atoms with van der Waals surface area (Å²) in [6, 6.07) is 2.73.